The largest absolute Gasteiger partial charge is 0.454 e. The summed E-state index contributed by atoms with van der Waals surface area (Å²) in [5, 5.41) is 9.27. The number of fused-ring (bicyclic) bond motifs is 1. The Balaban J connectivity index is 1.62. The van der Waals surface area contributed by atoms with Crippen molar-refractivity contribution in [3.05, 3.63) is 23.8 Å². The highest BCUT2D eigenvalue weighted by molar-refractivity contribution is 5.77. The summed E-state index contributed by atoms with van der Waals surface area (Å²) < 4.78 is 10.8. The van der Waals surface area contributed by atoms with Crippen LogP contribution in [0.25, 0.3) is 0 Å². The average Bonchev–Trinajstić information content (AvgIpc) is 3.12. The molecule has 1 atom stereocenters. The van der Waals surface area contributed by atoms with Crippen molar-refractivity contribution in [1.29, 1.82) is 0 Å². The van der Waals surface area contributed by atoms with E-state index in [1.807, 2.05) is 18.2 Å². The number of carbonyl (C=O) groups excluding carboxylic acids is 1. The Bertz CT molecular complexity index is 503. The van der Waals surface area contributed by atoms with Gasteiger partial charge in [-0.25, -0.2) is 0 Å². The fourth-order valence-electron chi connectivity index (χ4n) is 2.93. The maximum Gasteiger partial charge on any atom is 0.231 e. The van der Waals surface area contributed by atoms with E-state index in [4.69, 9.17) is 9.47 Å². The van der Waals surface area contributed by atoms with Crippen LogP contribution in [0.5, 0.6) is 11.5 Å². The van der Waals surface area contributed by atoms with Gasteiger partial charge < -0.3 is 19.5 Å². The van der Waals surface area contributed by atoms with E-state index in [9.17, 15) is 9.90 Å². The number of nitrogens with zero attached hydrogens (tertiary/aromatic N) is 1. The first kappa shape index (κ1) is 13.2. The van der Waals surface area contributed by atoms with Gasteiger partial charge in [-0.1, -0.05) is 12.1 Å². The zero-order valence-corrected chi connectivity index (χ0v) is 11.4. The van der Waals surface area contributed by atoms with Crippen molar-refractivity contribution in [3.8, 4) is 11.5 Å². The SMILES string of the molecule is O=C(CCc1cccc2c1OCO2)N1CCCC1CO. The zero-order valence-electron chi connectivity index (χ0n) is 11.4. The molecule has 0 radical (unpaired) electrons. The summed E-state index contributed by atoms with van der Waals surface area (Å²) in [7, 11) is 0. The molecule has 5 nitrogen and oxygen atoms in total. The van der Waals surface area contributed by atoms with Crippen LogP contribution in [-0.2, 0) is 11.2 Å². The minimum Gasteiger partial charge on any atom is -0.454 e. The topological polar surface area (TPSA) is 59.0 Å². The fraction of sp³-hybridized carbons (Fsp3) is 0.533. The molecular weight excluding hydrogens is 258 g/mol. The van der Waals surface area contributed by atoms with Crippen molar-refractivity contribution in [2.45, 2.75) is 31.7 Å². The Hall–Kier alpha value is -1.75. The molecule has 1 amide bonds. The molecule has 1 unspecified atom stereocenters. The third-order valence-electron chi connectivity index (χ3n) is 3.99. The monoisotopic (exact) mass is 277 g/mol. The molecule has 5 heteroatoms. The first-order valence-corrected chi connectivity index (χ1v) is 7.07. The van der Waals surface area contributed by atoms with Gasteiger partial charge in [0, 0.05) is 13.0 Å². The van der Waals surface area contributed by atoms with Crippen LogP contribution in [0.2, 0.25) is 0 Å². The van der Waals surface area contributed by atoms with Gasteiger partial charge in [-0.3, -0.25) is 4.79 Å². The van der Waals surface area contributed by atoms with Crippen molar-refractivity contribution in [2.75, 3.05) is 19.9 Å². The molecule has 0 bridgehead atoms. The molecule has 1 aromatic carbocycles. The van der Waals surface area contributed by atoms with E-state index in [0.717, 1.165) is 36.4 Å². The van der Waals surface area contributed by atoms with Crippen molar-refractivity contribution in [3.63, 3.8) is 0 Å². The zero-order chi connectivity index (χ0) is 13.9. The predicted octanol–water partition coefficient (Wildman–Crippen LogP) is 1.33. The number of aliphatic hydroxyl groups is 1. The van der Waals surface area contributed by atoms with Gasteiger partial charge in [0.05, 0.1) is 12.6 Å². The van der Waals surface area contributed by atoms with Crippen LogP contribution in [0.15, 0.2) is 18.2 Å². The first-order chi connectivity index (χ1) is 9.79. The lowest BCUT2D eigenvalue weighted by atomic mass is 10.1. The second-order valence-electron chi connectivity index (χ2n) is 5.22. The molecule has 1 fully saturated rings. The molecule has 0 saturated carbocycles. The fourth-order valence-corrected chi connectivity index (χ4v) is 2.93. The maximum absolute atomic E-state index is 12.2. The summed E-state index contributed by atoms with van der Waals surface area (Å²) in [6.07, 6.45) is 2.96. The van der Waals surface area contributed by atoms with Gasteiger partial charge in [0.15, 0.2) is 11.5 Å². The van der Waals surface area contributed by atoms with Crippen LogP contribution in [0.4, 0.5) is 0 Å². The molecule has 2 heterocycles. The van der Waals surface area contributed by atoms with E-state index in [2.05, 4.69) is 0 Å². The average molecular weight is 277 g/mol. The van der Waals surface area contributed by atoms with Gasteiger partial charge in [0.2, 0.25) is 12.7 Å². The van der Waals surface area contributed by atoms with Crippen LogP contribution >= 0.6 is 0 Å². The second-order valence-corrected chi connectivity index (χ2v) is 5.22. The summed E-state index contributed by atoms with van der Waals surface area (Å²) >= 11 is 0. The van der Waals surface area contributed by atoms with Gasteiger partial charge in [-0.05, 0) is 30.9 Å². The molecule has 2 aliphatic heterocycles. The third-order valence-corrected chi connectivity index (χ3v) is 3.99. The molecule has 0 aliphatic carbocycles. The van der Waals surface area contributed by atoms with E-state index >= 15 is 0 Å². The van der Waals surface area contributed by atoms with E-state index in [0.29, 0.717) is 12.8 Å². The Morgan fingerprint density at radius 2 is 2.30 bits per heavy atom. The molecule has 1 saturated heterocycles. The quantitative estimate of drug-likeness (QED) is 0.902. The lowest BCUT2D eigenvalue weighted by Crippen LogP contribution is -2.37. The summed E-state index contributed by atoms with van der Waals surface area (Å²) in [6.45, 7) is 1.07. The number of likely N-dealkylation sites (tertiary alicyclic amines) is 1. The number of benzene rings is 1. The standard InChI is InChI=1S/C15H19NO4/c17-9-12-4-2-8-16(12)14(18)7-6-11-3-1-5-13-15(11)20-10-19-13/h1,3,5,12,17H,2,4,6-10H2. The highest BCUT2D eigenvalue weighted by Gasteiger charge is 2.28. The lowest BCUT2D eigenvalue weighted by molar-refractivity contribution is -0.132. The smallest absolute Gasteiger partial charge is 0.231 e. The van der Waals surface area contributed by atoms with Gasteiger partial charge in [-0.2, -0.15) is 0 Å². The van der Waals surface area contributed by atoms with Gasteiger partial charge in [0.1, 0.15) is 0 Å². The van der Waals surface area contributed by atoms with E-state index in [1.54, 1.807) is 4.90 Å². The number of hydrogen-bond acceptors (Lipinski definition) is 4. The van der Waals surface area contributed by atoms with E-state index in [1.165, 1.54) is 0 Å². The normalized spacial score (nSPS) is 20.4. The minimum atomic E-state index is 0.00331. The van der Waals surface area contributed by atoms with Crippen LogP contribution in [0, 0.1) is 0 Å². The molecule has 0 aromatic heterocycles. The minimum absolute atomic E-state index is 0.00331. The first-order valence-electron chi connectivity index (χ1n) is 7.07. The van der Waals surface area contributed by atoms with E-state index in [-0.39, 0.29) is 25.3 Å². The molecule has 2 aliphatic rings. The highest BCUT2D eigenvalue weighted by Crippen LogP contribution is 2.36. The summed E-state index contributed by atoms with van der Waals surface area (Å²) in [5.41, 5.74) is 1.01. The van der Waals surface area contributed by atoms with Gasteiger partial charge in [0.25, 0.3) is 0 Å². The van der Waals surface area contributed by atoms with Crippen LogP contribution in [0.1, 0.15) is 24.8 Å². The molecule has 108 valence electrons. The number of hydrogen-bond donors (Lipinski definition) is 1. The van der Waals surface area contributed by atoms with Crippen molar-refractivity contribution < 1.29 is 19.4 Å². The van der Waals surface area contributed by atoms with Crippen molar-refractivity contribution in [2.24, 2.45) is 0 Å². The predicted molar refractivity (Wildman–Crippen MR) is 72.7 cm³/mol. The van der Waals surface area contributed by atoms with Crippen molar-refractivity contribution >= 4 is 5.91 Å². The van der Waals surface area contributed by atoms with Crippen LogP contribution in [-0.4, -0.2) is 41.9 Å². The van der Waals surface area contributed by atoms with Crippen LogP contribution in [0.3, 0.4) is 0 Å². The lowest BCUT2D eigenvalue weighted by Gasteiger charge is -2.23. The molecule has 20 heavy (non-hydrogen) atoms. The second kappa shape index (κ2) is 5.71. The third kappa shape index (κ3) is 2.45. The molecular formula is C15H19NO4. The Kier molecular flexibility index (Phi) is 3.78. The summed E-state index contributed by atoms with van der Waals surface area (Å²) in [4.78, 5) is 14.0. The Morgan fingerprint density at radius 3 is 3.15 bits per heavy atom. The number of rotatable bonds is 4. The van der Waals surface area contributed by atoms with Gasteiger partial charge >= 0.3 is 0 Å². The molecule has 1 aromatic rings. The number of aliphatic hydroxyl groups excluding tert-OH is 1. The summed E-state index contributed by atoms with van der Waals surface area (Å²) in [5.74, 6) is 1.63. The number of aryl methyl sites for hydroxylation is 1. The molecule has 0 spiro atoms. The Morgan fingerprint density at radius 1 is 1.40 bits per heavy atom. The number of carbonyl (C=O) groups is 1. The van der Waals surface area contributed by atoms with Crippen LogP contribution < -0.4 is 9.47 Å². The van der Waals surface area contributed by atoms with Crippen molar-refractivity contribution in [1.82, 2.24) is 4.90 Å². The van der Waals surface area contributed by atoms with E-state index < -0.39 is 0 Å². The number of para-hydroxylation sites is 1. The maximum atomic E-state index is 12.2. The Labute approximate surface area is 118 Å². The summed E-state index contributed by atoms with van der Waals surface area (Å²) in [6, 6.07) is 5.76. The highest BCUT2D eigenvalue weighted by atomic mass is 16.7. The molecule has 3 rings (SSSR count). The number of ether oxygens (including phenoxy) is 2. The molecule has 1 N–H and O–H groups in total. The van der Waals surface area contributed by atoms with Gasteiger partial charge in [-0.15, -0.1) is 0 Å². The number of amides is 1.